The Kier molecular flexibility index (Phi) is 4.93. The highest BCUT2D eigenvalue weighted by atomic mass is 79.9. The molecule has 2 aromatic carbocycles. The van der Waals surface area contributed by atoms with Crippen LogP contribution in [0, 0.1) is 0 Å². The van der Waals surface area contributed by atoms with Crippen LogP contribution in [0.25, 0.3) is 0 Å². The van der Waals surface area contributed by atoms with Crippen LogP contribution in [0.5, 0.6) is 0 Å². The Bertz CT molecular complexity index is 815. The zero-order valence-electron chi connectivity index (χ0n) is 12.3. The molecule has 0 fully saturated rings. The van der Waals surface area contributed by atoms with E-state index in [4.69, 9.17) is 5.10 Å². The van der Waals surface area contributed by atoms with Crippen molar-refractivity contribution in [3.8, 4) is 0 Å². The largest absolute Gasteiger partial charge is 0.212 e. The Morgan fingerprint density at radius 3 is 2.35 bits per heavy atom. The molecule has 0 aliphatic carbocycles. The van der Waals surface area contributed by atoms with Gasteiger partial charge in [-0.05, 0) is 11.1 Å². The van der Waals surface area contributed by atoms with Gasteiger partial charge in [0.05, 0.1) is 5.71 Å². The van der Waals surface area contributed by atoms with Gasteiger partial charge in [-0.1, -0.05) is 72.4 Å². The van der Waals surface area contributed by atoms with Crippen LogP contribution in [-0.4, -0.2) is 26.3 Å². The second-order valence-electron chi connectivity index (χ2n) is 5.07. The molecule has 0 atom stereocenters. The van der Waals surface area contributed by atoms with Crippen LogP contribution in [-0.2, 0) is 6.42 Å². The van der Waals surface area contributed by atoms with Gasteiger partial charge in [0.25, 0.3) is 0 Å². The number of thioether (sulfide) groups is 1. The average Bonchev–Trinajstić information content (AvgIpc) is 2.99. The summed E-state index contributed by atoms with van der Waals surface area (Å²) in [5, 5.41) is 14.2. The van der Waals surface area contributed by atoms with Crippen molar-refractivity contribution in [3.05, 3.63) is 77.6 Å². The van der Waals surface area contributed by atoms with E-state index in [1.807, 2.05) is 41.1 Å². The predicted molar refractivity (Wildman–Crippen MR) is 98.7 cm³/mol. The van der Waals surface area contributed by atoms with Gasteiger partial charge in [-0.2, -0.15) is 9.78 Å². The van der Waals surface area contributed by atoms with Gasteiger partial charge in [0.15, 0.2) is 5.82 Å². The van der Waals surface area contributed by atoms with Gasteiger partial charge < -0.3 is 0 Å². The van der Waals surface area contributed by atoms with Crippen LogP contribution in [0.15, 0.2) is 70.9 Å². The lowest BCUT2D eigenvalue weighted by Gasteiger charge is -2.13. The maximum atomic E-state index is 4.76. The molecule has 4 nitrogen and oxygen atoms in total. The van der Waals surface area contributed by atoms with Gasteiger partial charge in [0.1, 0.15) is 0 Å². The second kappa shape index (κ2) is 7.10. The highest BCUT2D eigenvalue weighted by Crippen LogP contribution is 2.24. The topological polar surface area (TPSA) is 43.1 Å². The average molecular weight is 387 g/mol. The Morgan fingerprint density at radius 1 is 0.913 bits per heavy atom. The molecule has 1 aliphatic heterocycles. The first-order valence-corrected chi connectivity index (χ1v) is 8.13. The lowest BCUT2D eigenvalue weighted by Crippen LogP contribution is -2.14. The van der Waals surface area contributed by atoms with Crippen molar-refractivity contribution in [2.75, 3.05) is 5.75 Å². The molecule has 0 spiro atoms. The molecular formula is C17H15BrN4S. The number of benzene rings is 2. The molecular weight excluding hydrogens is 372 g/mol. The number of rotatable bonds is 3. The maximum absolute atomic E-state index is 4.76. The molecule has 0 radical (unpaired) electrons. The standard InChI is InChI=1S/C17H14N4S.BrH/c1-3-7-13(8-4-1)11-16-18-19-17-21(16)20-15(12-22-17)14-9-5-2-6-10-14;/h1-10H,11-12H2;1H. The fourth-order valence-electron chi connectivity index (χ4n) is 2.43. The van der Waals surface area contributed by atoms with Crippen LogP contribution < -0.4 is 0 Å². The lowest BCUT2D eigenvalue weighted by atomic mass is 10.1. The highest BCUT2D eigenvalue weighted by molar-refractivity contribution is 8.93. The van der Waals surface area contributed by atoms with E-state index in [-0.39, 0.29) is 17.0 Å². The van der Waals surface area contributed by atoms with Crippen molar-refractivity contribution < 1.29 is 0 Å². The van der Waals surface area contributed by atoms with E-state index in [0.29, 0.717) is 0 Å². The predicted octanol–water partition coefficient (Wildman–Crippen LogP) is 3.80. The summed E-state index contributed by atoms with van der Waals surface area (Å²) in [7, 11) is 0. The van der Waals surface area contributed by atoms with Crippen LogP contribution in [0.2, 0.25) is 0 Å². The normalized spacial score (nSPS) is 13.0. The van der Waals surface area contributed by atoms with E-state index in [2.05, 4.69) is 34.5 Å². The fraction of sp³-hybridized carbons (Fsp3) is 0.118. The van der Waals surface area contributed by atoms with Gasteiger partial charge in [0.2, 0.25) is 5.16 Å². The highest BCUT2D eigenvalue weighted by Gasteiger charge is 2.19. The molecule has 23 heavy (non-hydrogen) atoms. The van der Waals surface area contributed by atoms with E-state index >= 15 is 0 Å². The third kappa shape index (κ3) is 3.38. The van der Waals surface area contributed by atoms with E-state index in [0.717, 1.165) is 34.4 Å². The first-order valence-electron chi connectivity index (χ1n) is 7.14. The first-order chi connectivity index (χ1) is 10.9. The molecule has 0 N–H and O–H groups in total. The number of hydrogen-bond donors (Lipinski definition) is 0. The number of halogens is 1. The third-order valence-corrected chi connectivity index (χ3v) is 4.48. The van der Waals surface area contributed by atoms with E-state index in [1.165, 1.54) is 5.56 Å². The lowest BCUT2D eigenvalue weighted by molar-refractivity contribution is 0.720. The first kappa shape index (κ1) is 16.0. The van der Waals surface area contributed by atoms with Crippen molar-refractivity contribution >= 4 is 34.5 Å². The monoisotopic (exact) mass is 386 g/mol. The molecule has 0 unspecified atom stereocenters. The molecule has 1 aliphatic rings. The van der Waals surface area contributed by atoms with Crippen molar-refractivity contribution in [3.63, 3.8) is 0 Å². The van der Waals surface area contributed by atoms with Crippen LogP contribution in [0.4, 0.5) is 0 Å². The van der Waals surface area contributed by atoms with E-state index in [1.54, 1.807) is 11.8 Å². The van der Waals surface area contributed by atoms with E-state index in [9.17, 15) is 0 Å². The molecule has 4 rings (SSSR count). The van der Waals surface area contributed by atoms with Crippen LogP contribution in [0.3, 0.4) is 0 Å². The summed E-state index contributed by atoms with van der Waals surface area (Å²) >= 11 is 1.68. The van der Waals surface area contributed by atoms with Gasteiger partial charge in [0, 0.05) is 12.2 Å². The fourth-order valence-corrected chi connectivity index (χ4v) is 3.29. The number of hydrogen-bond acceptors (Lipinski definition) is 4. The minimum absolute atomic E-state index is 0. The molecule has 3 aromatic rings. The van der Waals surface area contributed by atoms with Gasteiger partial charge in [-0.3, -0.25) is 0 Å². The van der Waals surface area contributed by atoms with Gasteiger partial charge in [-0.15, -0.1) is 27.2 Å². The molecule has 0 saturated carbocycles. The zero-order valence-corrected chi connectivity index (χ0v) is 14.8. The summed E-state index contributed by atoms with van der Waals surface area (Å²) in [6.07, 6.45) is 0.736. The molecule has 0 saturated heterocycles. The number of aromatic nitrogens is 3. The molecule has 0 amide bonds. The molecule has 1 aromatic heterocycles. The van der Waals surface area contributed by atoms with Gasteiger partial charge in [-0.25, -0.2) is 0 Å². The Labute approximate surface area is 149 Å². The van der Waals surface area contributed by atoms with Crippen LogP contribution >= 0.6 is 28.7 Å². The summed E-state index contributed by atoms with van der Waals surface area (Å²) in [6, 6.07) is 20.6. The summed E-state index contributed by atoms with van der Waals surface area (Å²) in [4.78, 5) is 0. The number of fused-ring (bicyclic) bond motifs is 1. The molecule has 0 bridgehead atoms. The summed E-state index contributed by atoms with van der Waals surface area (Å²) in [5.74, 6) is 1.70. The van der Waals surface area contributed by atoms with E-state index < -0.39 is 0 Å². The van der Waals surface area contributed by atoms with Crippen molar-refractivity contribution in [1.82, 2.24) is 14.9 Å². The second-order valence-corrected chi connectivity index (χ2v) is 6.02. The quantitative estimate of drug-likeness (QED) is 0.687. The molecule has 2 heterocycles. The van der Waals surface area contributed by atoms with Crippen molar-refractivity contribution in [2.45, 2.75) is 11.6 Å². The Hall–Kier alpha value is -1.92. The maximum Gasteiger partial charge on any atom is 0.212 e. The number of nitrogens with zero attached hydrogens (tertiary/aromatic N) is 4. The Morgan fingerprint density at radius 2 is 1.61 bits per heavy atom. The summed E-state index contributed by atoms with van der Waals surface area (Å²) in [5.41, 5.74) is 3.43. The smallest absolute Gasteiger partial charge is 0.191 e. The minimum Gasteiger partial charge on any atom is -0.191 e. The molecule has 116 valence electrons. The van der Waals surface area contributed by atoms with Crippen LogP contribution in [0.1, 0.15) is 17.0 Å². The van der Waals surface area contributed by atoms with Crippen molar-refractivity contribution in [1.29, 1.82) is 0 Å². The summed E-state index contributed by atoms with van der Waals surface area (Å²) < 4.78 is 1.88. The minimum atomic E-state index is 0. The zero-order chi connectivity index (χ0) is 14.8. The van der Waals surface area contributed by atoms with Crippen molar-refractivity contribution in [2.24, 2.45) is 5.10 Å². The molecule has 6 heteroatoms. The Balaban J connectivity index is 0.00000156. The SMILES string of the molecule is Br.c1ccc(Cc2nnc3n2N=C(c2ccccc2)CS3)cc1. The van der Waals surface area contributed by atoms with Gasteiger partial charge >= 0.3 is 0 Å². The summed E-state index contributed by atoms with van der Waals surface area (Å²) in [6.45, 7) is 0. The third-order valence-electron chi connectivity index (χ3n) is 3.55.